The van der Waals surface area contributed by atoms with Gasteiger partial charge in [-0.1, -0.05) is 18.2 Å². The Morgan fingerprint density at radius 2 is 1.96 bits per heavy atom. The minimum atomic E-state index is -0.342. The van der Waals surface area contributed by atoms with E-state index in [4.69, 9.17) is 0 Å². The number of rotatable bonds is 4. The third-order valence-electron chi connectivity index (χ3n) is 3.54. The van der Waals surface area contributed by atoms with Gasteiger partial charge in [-0.15, -0.1) is 0 Å². The minimum Gasteiger partial charge on any atom is -0.350 e. The van der Waals surface area contributed by atoms with E-state index in [-0.39, 0.29) is 11.7 Å². The van der Waals surface area contributed by atoms with Crippen molar-refractivity contribution >= 4 is 22.5 Å². The summed E-state index contributed by atoms with van der Waals surface area (Å²) in [7, 11) is 3.98. The van der Waals surface area contributed by atoms with Crippen LogP contribution >= 0.6 is 0 Å². The average Bonchev–Trinajstić information content (AvgIpc) is 2.92. The summed E-state index contributed by atoms with van der Waals surface area (Å²) in [6.45, 7) is 0.793. The third kappa shape index (κ3) is 3.40. The first-order chi connectivity index (χ1) is 11.0. The molecule has 0 atom stereocenters. The number of fused-ring (bicyclic) bond motifs is 1. The van der Waals surface area contributed by atoms with E-state index >= 15 is 0 Å². The van der Waals surface area contributed by atoms with E-state index in [1.807, 2.05) is 38.4 Å². The Kier molecular flexibility index (Phi) is 4.12. The topological polar surface area (TPSA) is 48.1 Å². The molecule has 4 nitrogen and oxygen atoms in total. The Labute approximate surface area is 133 Å². The van der Waals surface area contributed by atoms with Gasteiger partial charge in [0, 0.05) is 23.1 Å². The first-order valence-corrected chi connectivity index (χ1v) is 7.35. The summed E-state index contributed by atoms with van der Waals surface area (Å²) in [4.78, 5) is 17.4. The molecule has 1 aromatic heterocycles. The zero-order valence-electron chi connectivity index (χ0n) is 13.1. The zero-order valence-corrected chi connectivity index (χ0v) is 13.1. The standard InChI is InChI=1S/C18H18FN3O/c1-22(2)11-12-5-3-6-13(9-12)20-18(23)17-10-14-15(19)7-4-8-16(14)21-17/h3-10,21H,11H2,1-2H3,(H,20,23). The minimum absolute atomic E-state index is 0.289. The average molecular weight is 311 g/mol. The molecule has 3 rings (SSSR count). The SMILES string of the molecule is CN(C)Cc1cccc(NC(=O)c2cc3c(F)cccc3[nH]2)c1. The second kappa shape index (κ2) is 6.22. The molecule has 0 spiro atoms. The van der Waals surface area contributed by atoms with Crippen molar-refractivity contribution in [3.8, 4) is 0 Å². The third-order valence-corrected chi connectivity index (χ3v) is 3.54. The van der Waals surface area contributed by atoms with Crippen molar-refractivity contribution in [2.75, 3.05) is 19.4 Å². The van der Waals surface area contributed by atoms with Crippen LogP contribution in [0.15, 0.2) is 48.5 Å². The number of anilines is 1. The van der Waals surface area contributed by atoms with E-state index in [2.05, 4.69) is 15.2 Å². The molecular formula is C18H18FN3O. The smallest absolute Gasteiger partial charge is 0.272 e. The second-order valence-corrected chi connectivity index (χ2v) is 5.78. The fourth-order valence-corrected chi connectivity index (χ4v) is 2.55. The number of carbonyl (C=O) groups excluding carboxylic acids is 1. The summed E-state index contributed by atoms with van der Waals surface area (Å²) in [5.74, 6) is -0.631. The van der Waals surface area contributed by atoms with Crippen molar-refractivity contribution in [1.82, 2.24) is 9.88 Å². The van der Waals surface area contributed by atoms with Gasteiger partial charge in [0.1, 0.15) is 11.5 Å². The highest BCUT2D eigenvalue weighted by molar-refractivity contribution is 6.06. The molecule has 0 saturated heterocycles. The van der Waals surface area contributed by atoms with Crippen LogP contribution in [0.25, 0.3) is 10.9 Å². The van der Waals surface area contributed by atoms with Gasteiger partial charge in [0.2, 0.25) is 0 Å². The number of nitrogens with one attached hydrogen (secondary N) is 2. The maximum atomic E-state index is 13.7. The summed E-state index contributed by atoms with van der Waals surface area (Å²) in [6, 6.07) is 13.9. The maximum absolute atomic E-state index is 13.7. The number of amides is 1. The number of aromatic nitrogens is 1. The van der Waals surface area contributed by atoms with E-state index in [0.29, 0.717) is 22.3 Å². The molecule has 2 aromatic carbocycles. The van der Waals surface area contributed by atoms with Gasteiger partial charge in [-0.25, -0.2) is 4.39 Å². The van der Waals surface area contributed by atoms with Crippen LogP contribution in [0.2, 0.25) is 0 Å². The monoisotopic (exact) mass is 311 g/mol. The summed E-state index contributed by atoms with van der Waals surface area (Å²) < 4.78 is 13.7. The Morgan fingerprint density at radius 1 is 1.17 bits per heavy atom. The maximum Gasteiger partial charge on any atom is 0.272 e. The number of halogens is 1. The molecule has 1 heterocycles. The molecule has 0 aliphatic carbocycles. The van der Waals surface area contributed by atoms with Crippen LogP contribution in [0.3, 0.4) is 0 Å². The molecule has 0 saturated carbocycles. The molecule has 0 bridgehead atoms. The fraction of sp³-hybridized carbons (Fsp3) is 0.167. The van der Waals surface area contributed by atoms with Gasteiger partial charge in [-0.3, -0.25) is 4.79 Å². The Morgan fingerprint density at radius 3 is 2.70 bits per heavy atom. The predicted octanol–water partition coefficient (Wildman–Crippen LogP) is 3.62. The first-order valence-electron chi connectivity index (χ1n) is 7.35. The lowest BCUT2D eigenvalue weighted by molar-refractivity contribution is 0.102. The number of H-pyrrole nitrogens is 1. The van der Waals surface area contributed by atoms with E-state index in [9.17, 15) is 9.18 Å². The quantitative estimate of drug-likeness (QED) is 0.773. The zero-order chi connectivity index (χ0) is 16.4. The van der Waals surface area contributed by atoms with Gasteiger partial charge in [0.15, 0.2) is 0 Å². The Hall–Kier alpha value is -2.66. The lowest BCUT2D eigenvalue weighted by Crippen LogP contribution is -2.13. The second-order valence-electron chi connectivity index (χ2n) is 5.78. The van der Waals surface area contributed by atoms with Crippen molar-refractivity contribution < 1.29 is 9.18 Å². The molecule has 3 aromatic rings. The molecule has 2 N–H and O–H groups in total. The number of hydrogen-bond donors (Lipinski definition) is 2. The Balaban J connectivity index is 1.81. The van der Waals surface area contributed by atoms with Gasteiger partial charge in [0.25, 0.3) is 5.91 Å². The van der Waals surface area contributed by atoms with E-state index < -0.39 is 0 Å². The van der Waals surface area contributed by atoms with Gasteiger partial charge >= 0.3 is 0 Å². The molecule has 0 fully saturated rings. The van der Waals surface area contributed by atoms with Crippen molar-refractivity contribution in [3.05, 3.63) is 65.6 Å². The number of hydrogen-bond acceptors (Lipinski definition) is 2. The predicted molar refractivity (Wildman–Crippen MR) is 90.0 cm³/mol. The Bertz CT molecular complexity index is 854. The van der Waals surface area contributed by atoms with Crippen LogP contribution < -0.4 is 5.32 Å². The van der Waals surface area contributed by atoms with Gasteiger partial charge < -0.3 is 15.2 Å². The number of carbonyl (C=O) groups is 1. The van der Waals surface area contributed by atoms with Crippen LogP contribution in [0.1, 0.15) is 16.1 Å². The molecular weight excluding hydrogens is 293 g/mol. The van der Waals surface area contributed by atoms with E-state index in [1.165, 1.54) is 12.1 Å². The molecule has 0 radical (unpaired) electrons. The number of nitrogens with zero attached hydrogens (tertiary/aromatic N) is 1. The van der Waals surface area contributed by atoms with E-state index in [0.717, 1.165) is 12.1 Å². The van der Waals surface area contributed by atoms with Crippen molar-refractivity contribution in [2.24, 2.45) is 0 Å². The summed E-state index contributed by atoms with van der Waals surface area (Å²) >= 11 is 0. The summed E-state index contributed by atoms with van der Waals surface area (Å²) in [5.41, 5.74) is 2.77. The van der Waals surface area contributed by atoms with Gasteiger partial charge in [0.05, 0.1) is 0 Å². The van der Waals surface area contributed by atoms with Crippen LogP contribution in [-0.2, 0) is 6.54 Å². The van der Waals surface area contributed by atoms with Crippen molar-refractivity contribution in [2.45, 2.75) is 6.54 Å². The number of aromatic amines is 1. The molecule has 0 aliphatic heterocycles. The lowest BCUT2D eigenvalue weighted by Gasteiger charge is -2.11. The number of benzene rings is 2. The van der Waals surface area contributed by atoms with E-state index in [1.54, 1.807) is 12.1 Å². The molecule has 1 amide bonds. The van der Waals surface area contributed by atoms with Gasteiger partial charge in [-0.2, -0.15) is 0 Å². The molecule has 5 heteroatoms. The highest BCUT2D eigenvalue weighted by atomic mass is 19.1. The molecule has 0 aliphatic rings. The molecule has 0 unspecified atom stereocenters. The fourth-order valence-electron chi connectivity index (χ4n) is 2.55. The van der Waals surface area contributed by atoms with Crippen LogP contribution in [0.5, 0.6) is 0 Å². The van der Waals surface area contributed by atoms with Crippen molar-refractivity contribution in [1.29, 1.82) is 0 Å². The van der Waals surface area contributed by atoms with Crippen molar-refractivity contribution in [3.63, 3.8) is 0 Å². The highest BCUT2D eigenvalue weighted by Gasteiger charge is 2.12. The highest BCUT2D eigenvalue weighted by Crippen LogP contribution is 2.20. The van der Waals surface area contributed by atoms with Crippen LogP contribution in [0, 0.1) is 5.82 Å². The first kappa shape index (κ1) is 15.2. The largest absolute Gasteiger partial charge is 0.350 e. The summed E-state index contributed by atoms with van der Waals surface area (Å²) in [6.07, 6.45) is 0. The van der Waals surface area contributed by atoms with Crippen LogP contribution in [-0.4, -0.2) is 29.9 Å². The normalized spacial score (nSPS) is 11.1. The molecule has 23 heavy (non-hydrogen) atoms. The summed E-state index contributed by atoms with van der Waals surface area (Å²) in [5, 5.41) is 3.26. The molecule has 118 valence electrons. The lowest BCUT2D eigenvalue weighted by atomic mass is 10.2. The van der Waals surface area contributed by atoms with Gasteiger partial charge in [-0.05, 0) is 50.0 Å². The van der Waals surface area contributed by atoms with Crippen LogP contribution in [0.4, 0.5) is 10.1 Å².